The molecule has 2 N–H and O–H groups in total. The summed E-state index contributed by atoms with van der Waals surface area (Å²) in [4.78, 5) is 16.6. The molecular weight excluding hydrogens is 328 g/mol. The maximum Gasteiger partial charge on any atom is 0.251 e. The highest BCUT2D eigenvalue weighted by atomic mass is 16.5. The van der Waals surface area contributed by atoms with Crippen LogP contribution in [0.2, 0.25) is 0 Å². The fourth-order valence-corrected chi connectivity index (χ4v) is 2.54. The number of nitrogens with one attached hydrogen (secondary N) is 1. The lowest BCUT2D eigenvalue weighted by Crippen LogP contribution is -2.30. The molecule has 132 valence electrons. The van der Waals surface area contributed by atoms with E-state index in [4.69, 9.17) is 4.74 Å². The van der Waals surface area contributed by atoms with E-state index in [2.05, 4.69) is 10.3 Å². The largest absolute Gasteiger partial charge is 0.489 e. The normalized spacial score (nSPS) is 11.6. The van der Waals surface area contributed by atoms with E-state index in [0.29, 0.717) is 17.9 Å². The molecule has 0 fully saturated rings. The number of ether oxygens (including phenoxy) is 1. The number of aliphatic hydroxyl groups is 1. The van der Waals surface area contributed by atoms with Crippen LogP contribution >= 0.6 is 0 Å². The minimum absolute atomic E-state index is 0.174. The number of nitrogens with zero attached hydrogens (tertiary/aromatic N) is 1. The second-order valence-electron chi connectivity index (χ2n) is 5.80. The Morgan fingerprint density at radius 3 is 2.65 bits per heavy atom. The first-order chi connectivity index (χ1) is 12.8. The van der Waals surface area contributed by atoms with Crippen LogP contribution in [0.25, 0.3) is 0 Å². The predicted molar refractivity (Wildman–Crippen MR) is 98.7 cm³/mol. The highest BCUT2D eigenvalue weighted by Gasteiger charge is 2.15. The van der Waals surface area contributed by atoms with E-state index in [1.165, 1.54) is 0 Å². The molecule has 3 aromatic rings. The van der Waals surface area contributed by atoms with Crippen LogP contribution in [-0.4, -0.2) is 22.6 Å². The molecule has 0 saturated carbocycles. The Morgan fingerprint density at radius 2 is 1.92 bits per heavy atom. The van der Waals surface area contributed by atoms with Crippen molar-refractivity contribution in [2.45, 2.75) is 12.6 Å². The van der Waals surface area contributed by atoms with Crippen molar-refractivity contribution in [3.63, 3.8) is 0 Å². The van der Waals surface area contributed by atoms with Crippen molar-refractivity contribution in [3.8, 4) is 5.75 Å². The Morgan fingerprint density at radius 1 is 1.08 bits per heavy atom. The van der Waals surface area contributed by atoms with Gasteiger partial charge in [-0.15, -0.1) is 0 Å². The third-order valence-corrected chi connectivity index (χ3v) is 3.91. The molecule has 0 radical (unpaired) electrons. The van der Waals surface area contributed by atoms with Gasteiger partial charge in [-0.25, -0.2) is 0 Å². The van der Waals surface area contributed by atoms with E-state index >= 15 is 0 Å². The molecule has 1 atom stereocenters. The zero-order valence-corrected chi connectivity index (χ0v) is 14.2. The highest BCUT2D eigenvalue weighted by Crippen LogP contribution is 2.17. The molecule has 5 heteroatoms. The summed E-state index contributed by atoms with van der Waals surface area (Å²) in [6.45, 7) is 0.204. The average molecular weight is 348 g/mol. The van der Waals surface area contributed by atoms with Crippen molar-refractivity contribution < 1.29 is 14.6 Å². The number of hydrogen-bond donors (Lipinski definition) is 2. The molecule has 1 amide bonds. The lowest BCUT2D eigenvalue weighted by atomic mass is 10.1. The van der Waals surface area contributed by atoms with E-state index in [9.17, 15) is 9.90 Å². The van der Waals surface area contributed by atoms with Crippen LogP contribution in [0, 0.1) is 0 Å². The summed E-state index contributed by atoms with van der Waals surface area (Å²) in [6.07, 6.45) is 3.45. The summed E-state index contributed by atoms with van der Waals surface area (Å²) in [6, 6.07) is 19.7. The van der Waals surface area contributed by atoms with Crippen molar-refractivity contribution in [3.05, 3.63) is 95.8 Å². The fourth-order valence-electron chi connectivity index (χ4n) is 2.54. The Bertz CT molecular complexity index is 838. The van der Waals surface area contributed by atoms with E-state index in [1.807, 2.05) is 42.5 Å². The molecule has 0 saturated heterocycles. The van der Waals surface area contributed by atoms with Gasteiger partial charge in [0.2, 0.25) is 0 Å². The molecule has 0 aliphatic rings. The fraction of sp³-hybridized carbons (Fsp3) is 0.143. The van der Waals surface area contributed by atoms with Gasteiger partial charge in [0.1, 0.15) is 12.4 Å². The predicted octanol–water partition coefficient (Wildman–Crippen LogP) is 3.12. The van der Waals surface area contributed by atoms with E-state index in [0.717, 1.165) is 11.1 Å². The number of amides is 1. The SMILES string of the molecule is O=C(NC(CO)c1ccccc1)c1cccc(OCc2cccnc2)c1. The summed E-state index contributed by atoms with van der Waals surface area (Å²) in [7, 11) is 0. The monoisotopic (exact) mass is 348 g/mol. The average Bonchev–Trinajstić information content (AvgIpc) is 2.72. The molecule has 2 aromatic carbocycles. The molecule has 0 spiro atoms. The smallest absolute Gasteiger partial charge is 0.251 e. The van der Waals surface area contributed by atoms with Crippen LogP contribution in [0.1, 0.15) is 27.5 Å². The number of hydrogen-bond acceptors (Lipinski definition) is 4. The number of aliphatic hydroxyl groups excluding tert-OH is 1. The first kappa shape index (κ1) is 17.6. The van der Waals surface area contributed by atoms with Gasteiger partial charge in [-0.1, -0.05) is 42.5 Å². The number of carbonyl (C=O) groups excluding carboxylic acids is 1. The third kappa shape index (κ3) is 4.68. The van der Waals surface area contributed by atoms with Crippen molar-refractivity contribution in [2.24, 2.45) is 0 Å². The van der Waals surface area contributed by atoms with Crippen LogP contribution in [0.15, 0.2) is 79.1 Å². The first-order valence-electron chi connectivity index (χ1n) is 8.34. The number of pyridine rings is 1. The summed E-state index contributed by atoms with van der Waals surface area (Å²) in [5.41, 5.74) is 2.28. The van der Waals surface area contributed by atoms with Gasteiger partial charge in [0.05, 0.1) is 12.6 Å². The molecule has 1 aromatic heterocycles. The molecular formula is C21H20N2O3. The topological polar surface area (TPSA) is 71.5 Å². The second kappa shape index (κ2) is 8.78. The first-order valence-corrected chi connectivity index (χ1v) is 8.34. The van der Waals surface area contributed by atoms with Gasteiger partial charge >= 0.3 is 0 Å². The van der Waals surface area contributed by atoms with Gasteiger partial charge in [-0.05, 0) is 29.8 Å². The van der Waals surface area contributed by atoms with Crippen LogP contribution in [0.5, 0.6) is 5.75 Å². The minimum Gasteiger partial charge on any atom is -0.489 e. The lowest BCUT2D eigenvalue weighted by Gasteiger charge is -2.17. The van der Waals surface area contributed by atoms with Crippen LogP contribution in [-0.2, 0) is 6.61 Å². The molecule has 0 aliphatic carbocycles. The molecule has 1 unspecified atom stereocenters. The molecule has 26 heavy (non-hydrogen) atoms. The highest BCUT2D eigenvalue weighted by molar-refractivity contribution is 5.94. The molecule has 1 heterocycles. The van der Waals surface area contributed by atoms with Gasteiger partial charge in [-0.3, -0.25) is 9.78 Å². The van der Waals surface area contributed by atoms with E-state index in [1.54, 1.807) is 36.7 Å². The second-order valence-corrected chi connectivity index (χ2v) is 5.80. The van der Waals surface area contributed by atoms with Gasteiger partial charge in [0.25, 0.3) is 5.91 Å². The third-order valence-electron chi connectivity index (χ3n) is 3.91. The van der Waals surface area contributed by atoms with Crippen LogP contribution in [0.3, 0.4) is 0 Å². The van der Waals surface area contributed by atoms with Gasteiger partial charge in [0, 0.05) is 23.5 Å². The quantitative estimate of drug-likeness (QED) is 0.688. The van der Waals surface area contributed by atoms with Crippen LogP contribution < -0.4 is 10.1 Å². The van der Waals surface area contributed by atoms with E-state index in [-0.39, 0.29) is 12.5 Å². The molecule has 0 aliphatic heterocycles. The summed E-state index contributed by atoms with van der Waals surface area (Å²) < 4.78 is 5.73. The summed E-state index contributed by atoms with van der Waals surface area (Å²) in [5, 5.41) is 12.4. The Balaban J connectivity index is 1.66. The van der Waals surface area contributed by atoms with Crippen molar-refractivity contribution in [1.29, 1.82) is 0 Å². The standard InChI is InChI=1S/C21H20N2O3/c24-14-20(17-7-2-1-3-8-17)23-21(25)18-9-4-10-19(12-18)26-15-16-6-5-11-22-13-16/h1-13,20,24H,14-15H2,(H,23,25). The maximum atomic E-state index is 12.5. The Kier molecular flexibility index (Phi) is 5.96. The lowest BCUT2D eigenvalue weighted by molar-refractivity contribution is 0.0915. The van der Waals surface area contributed by atoms with Gasteiger partial charge in [-0.2, -0.15) is 0 Å². The van der Waals surface area contributed by atoms with Gasteiger partial charge < -0.3 is 15.2 Å². The molecule has 5 nitrogen and oxygen atoms in total. The zero-order valence-electron chi connectivity index (χ0n) is 14.2. The maximum absolute atomic E-state index is 12.5. The van der Waals surface area contributed by atoms with Crippen molar-refractivity contribution in [1.82, 2.24) is 10.3 Å². The van der Waals surface area contributed by atoms with E-state index < -0.39 is 6.04 Å². The summed E-state index contributed by atoms with van der Waals surface area (Å²) >= 11 is 0. The Hall–Kier alpha value is -3.18. The number of rotatable bonds is 7. The summed E-state index contributed by atoms with van der Waals surface area (Å²) in [5.74, 6) is 0.335. The minimum atomic E-state index is -0.455. The zero-order chi connectivity index (χ0) is 18.2. The van der Waals surface area contributed by atoms with Crippen LogP contribution in [0.4, 0.5) is 0 Å². The molecule has 0 bridgehead atoms. The number of benzene rings is 2. The van der Waals surface area contributed by atoms with Gasteiger partial charge in [0.15, 0.2) is 0 Å². The Labute approximate surface area is 152 Å². The van der Waals surface area contributed by atoms with Crippen molar-refractivity contribution >= 4 is 5.91 Å². The van der Waals surface area contributed by atoms with Crippen molar-refractivity contribution in [2.75, 3.05) is 6.61 Å². The number of carbonyl (C=O) groups is 1. The number of aromatic nitrogens is 1. The molecule has 3 rings (SSSR count).